The molecule has 2 aliphatic rings. The van der Waals surface area contributed by atoms with Crippen LogP contribution in [0, 0.1) is 11.3 Å². The maximum absolute atomic E-state index is 13.7. The second kappa shape index (κ2) is 12.6. The largest absolute Gasteiger partial charge is 0.466 e. The Morgan fingerprint density at radius 1 is 1.03 bits per heavy atom. The minimum atomic E-state index is -4.03. The van der Waals surface area contributed by atoms with E-state index in [1.165, 1.54) is 12.1 Å². The zero-order valence-electron chi connectivity index (χ0n) is 23.0. The van der Waals surface area contributed by atoms with Crippen molar-refractivity contribution in [3.8, 4) is 0 Å². The van der Waals surface area contributed by atoms with Gasteiger partial charge in [-0.05, 0) is 84.8 Å². The molecule has 9 nitrogen and oxygen atoms in total. The molecule has 2 fully saturated rings. The van der Waals surface area contributed by atoms with Crippen molar-refractivity contribution in [3.05, 3.63) is 30.3 Å². The Hall–Kier alpha value is -2.46. The second-order valence-corrected chi connectivity index (χ2v) is 13.2. The monoisotopic (exact) mass is 550 g/mol. The zero-order chi connectivity index (χ0) is 28.0. The molecule has 2 aliphatic carbocycles. The predicted octanol–water partition coefficient (Wildman–Crippen LogP) is 3.86. The van der Waals surface area contributed by atoms with Gasteiger partial charge in [-0.25, -0.2) is 8.42 Å². The first-order chi connectivity index (χ1) is 17.8. The maximum atomic E-state index is 13.7. The van der Waals surface area contributed by atoms with Crippen molar-refractivity contribution in [1.29, 1.82) is 0 Å². The fraction of sp³-hybridized carbons (Fsp3) is 0.679. The molecule has 2 N–H and O–H groups in total. The van der Waals surface area contributed by atoms with Gasteiger partial charge in [-0.15, -0.1) is 0 Å². The van der Waals surface area contributed by atoms with Crippen LogP contribution in [0.15, 0.2) is 35.2 Å². The van der Waals surface area contributed by atoms with Crippen molar-refractivity contribution in [2.45, 2.75) is 108 Å². The number of nitrogens with one attached hydrogen (secondary N) is 2. The molecule has 0 spiro atoms. The van der Waals surface area contributed by atoms with Gasteiger partial charge in [0.15, 0.2) is 0 Å². The number of rotatable bonds is 10. The third-order valence-electron chi connectivity index (χ3n) is 7.36. The van der Waals surface area contributed by atoms with Crippen LogP contribution in [0.1, 0.15) is 85.5 Å². The summed E-state index contributed by atoms with van der Waals surface area (Å²) < 4.78 is 39.6. The number of carbonyl (C=O) groups excluding carboxylic acids is 3. The van der Waals surface area contributed by atoms with Gasteiger partial charge >= 0.3 is 11.9 Å². The number of ether oxygens (including phenoxy) is 2. The summed E-state index contributed by atoms with van der Waals surface area (Å²) in [5, 5.41) is 3.16. The summed E-state index contributed by atoms with van der Waals surface area (Å²) in [5.74, 6) is -1.20. The molecule has 0 radical (unpaired) electrons. The van der Waals surface area contributed by atoms with Crippen LogP contribution in [0.2, 0.25) is 0 Å². The zero-order valence-corrected chi connectivity index (χ0v) is 23.8. The summed E-state index contributed by atoms with van der Waals surface area (Å²) >= 11 is 0. The van der Waals surface area contributed by atoms with Crippen molar-refractivity contribution in [2.75, 3.05) is 6.61 Å². The van der Waals surface area contributed by atoms with E-state index in [-0.39, 0.29) is 35.2 Å². The molecule has 1 aromatic rings. The first-order valence-electron chi connectivity index (χ1n) is 13.6. The van der Waals surface area contributed by atoms with E-state index in [0.717, 1.165) is 12.8 Å². The average molecular weight is 551 g/mol. The lowest BCUT2D eigenvalue weighted by Gasteiger charge is -2.35. The molecule has 1 atom stereocenters. The summed E-state index contributed by atoms with van der Waals surface area (Å²) in [4.78, 5) is 39.1. The van der Waals surface area contributed by atoms with Crippen LogP contribution < -0.4 is 10.0 Å². The molecule has 38 heavy (non-hydrogen) atoms. The van der Waals surface area contributed by atoms with E-state index >= 15 is 0 Å². The highest BCUT2D eigenvalue weighted by molar-refractivity contribution is 7.89. The van der Waals surface area contributed by atoms with Crippen molar-refractivity contribution in [1.82, 2.24) is 10.0 Å². The molecule has 1 amide bonds. The van der Waals surface area contributed by atoms with Crippen LogP contribution in [0.3, 0.4) is 0 Å². The lowest BCUT2D eigenvalue weighted by molar-refractivity contribution is -0.158. The number of carbonyl (C=O) groups is 3. The van der Waals surface area contributed by atoms with Crippen molar-refractivity contribution in [3.63, 3.8) is 0 Å². The standard InChI is InChI=1S/C28H42N2O7S/c1-5-36-24(31)20-13-15-21(16-14-20)29-26(33)28(17-9-10-18-28)19-23(25(32)37-27(2,3)4)30-38(34,35)22-11-7-6-8-12-22/h6-8,11-12,20-21,23,30H,5,9-10,13-19H2,1-4H3,(H,29,33)/t20-,21+,23?. The summed E-state index contributed by atoms with van der Waals surface area (Å²) in [7, 11) is -4.03. The third kappa shape index (κ3) is 8.02. The van der Waals surface area contributed by atoms with Gasteiger partial charge in [0.25, 0.3) is 0 Å². The van der Waals surface area contributed by atoms with Gasteiger partial charge in [-0.3, -0.25) is 14.4 Å². The van der Waals surface area contributed by atoms with Crippen LogP contribution in [-0.2, 0) is 33.9 Å². The number of amides is 1. The molecule has 2 saturated carbocycles. The molecule has 1 aromatic carbocycles. The van der Waals surface area contributed by atoms with E-state index in [2.05, 4.69) is 10.0 Å². The summed E-state index contributed by atoms with van der Waals surface area (Å²) in [6.07, 6.45) is 5.39. The van der Waals surface area contributed by atoms with Gasteiger partial charge in [-0.1, -0.05) is 31.0 Å². The van der Waals surface area contributed by atoms with E-state index in [1.54, 1.807) is 45.9 Å². The fourth-order valence-corrected chi connectivity index (χ4v) is 6.65. The molecule has 1 unspecified atom stereocenters. The Labute approximate surface area is 226 Å². The maximum Gasteiger partial charge on any atom is 0.324 e. The summed E-state index contributed by atoms with van der Waals surface area (Å²) in [6, 6.07) is 6.55. The molecule has 212 valence electrons. The van der Waals surface area contributed by atoms with Crippen LogP contribution in [0.25, 0.3) is 0 Å². The highest BCUT2D eigenvalue weighted by atomic mass is 32.2. The van der Waals surface area contributed by atoms with E-state index in [0.29, 0.717) is 45.1 Å². The average Bonchev–Trinajstić information content (AvgIpc) is 3.33. The van der Waals surface area contributed by atoms with Crippen molar-refractivity contribution >= 4 is 27.9 Å². The van der Waals surface area contributed by atoms with Crippen LogP contribution >= 0.6 is 0 Å². The van der Waals surface area contributed by atoms with E-state index < -0.39 is 33.1 Å². The lowest BCUT2D eigenvalue weighted by atomic mass is 9.78. The smallest absolute Gasteiger partial charge is 0.324 e. The van der Waals surface area contributed by atoms with Crippen LogP contribution in [-0.4, -0.2) is 50.6 Å². The number of hydrogen-bond donors (Lipinski definition) is 2. The Morgan fingerprint density at radius 3 is 2.18 bits per heavy atom. The van der Waals surface area contributed by atoms with E-state index in [9.17, 15) is 22.8 Å². The first kappa shape index (κ1) is 30.1. The molecule has 0 aromatic heterocycles. The first-order valence-corrected chi connectivity index (χ1v) is 15.1. The molecule has 0 bridgehead atoms. The molecule has 0 aliphatic heterocycles. The van der Waals surface area contributed by atoms with Crippen molar-refractivity contribution < 1.29 is 32.3 Å². The van der Waals surface area contributed by atoms with Gasteiger partial charge in [-0.2, -0.15) is 4.72 Å². The Bertz CT molecular complexity index is 1070. The van der Waals surface area contributed by atoms with Gasteiger partial charge in [0.05, 0.1) is 22.8 Å². The Morgan fingerprint density at radius 2 is 1.63 bits per heavy atom. The number of benzene rings is 1. The van der Waals surface area contributed by atoms with Gasteiger partial charge in [0, 0.05) is 6.04 Å². The number of sulfonamides is 1. The van der Waals surface area contributed by atoms with Gasteiger partial charge in [0.1, 0.15) is 11.6 Å². The highest BCUT2D eigenvalue weighted by Crippen LogP contribution is 2.43. The van der Waals surface area contributed by atoms with Crippen molar-refractivity contribution in [2.24, 2.45) is 11.3 Å². The molecule has 0 heterocycles. The Kier molecular flexibility index (Phi) is 9.97. The predicted molar refractivity (Wildman–Crippen MR) is 142 cm³/mol. The molecular weight excluding hydrogens is 508 g/mol. The topological polar surface area (TPSA) is 128 Å². The number of hydrogen-bond acceptors (Lipinski definition) is 7. The van der Waals surface area contributed by atoms with Gasteiger partial charge in [0.2, 0.25) is 15.9 Å². The summed E-state index contributed by atoms with van der Waals surface area (Å²) in [5.41, 5.74) is -1.71. The summed E-state index contributed by atoms with van der Waals surface area (Å²) in [6.45, 7) is 7.30. The lowest BCUT2D eigenvalue weighted by Crippen LogP contribution is -2.52. The minimum absolute atomic E-state index is 0.0119. The molecule has 0 saturated heterocycles. The van der Waals surface area contributed by atoms with E-state index in [1.807, 2.05) is 0 Å². The SMILES string of the molecule is CCOC(=O)[C@H]1CC[C@@H](NC(=O)C2(CC(NS(=O)(=O)c3ccccc3)C(=O)OC(C)(C)C)CCCC2)CC1. The third-order valence-corrected chi connectivity index (χ3v) is 8.85. The fourth-order valence-electron chi connectivity index (χ4n) is 5.44. The molecule has 3 rings (SSSR count). The second-order valence-electron chi connectivity index (χ2n) is 11.5. The van der Waals surface area contributed by atoms with Crippen LogP contribution in [0.4, 0.5) is 0 Å². The molecular formula is C28H42N2O7S. The normalized spacial score (nSPS) is 22.3. The highest BCUT2D eigenvalue weighted by Gasteiger charge is 2.46. The minimum Gasteiger partial charge on any atom is -0.466 e. The van der Waals surface area contributed by atoms with Crippen LogP contribution in [0.5, 0.6) is 0 Å². The Balaban J connectivity index is 1.76. The van der Waals surface area contributed by atoms with E-state index in [4.69, 9.17) is 9.47 Å². The van der Waals surface area contributed by atoms with Gasteiger partial charge < -0.3 is 14.8 Å². The quantitative estimate of drug-likeness (QED) is 0.423. The number of esters is 2. The molecule has 10 heteroatoms.